The van der Waals surface area contributed by atoms with Gasteiger partial charge >= 0.3 is 0 Å². The molecule has 2 rings (SSSR count). The van der Waals surface area contributed by atoms with Gasteiger partial charge in [-0.05, 0) is 13.8 Å². The van der Waals surface area contributed by atoms with Gasteiger partial charge in [0.05, 0.1) is 18.8 Å². The average Bonchev–Trinajstić information content (AvgIpc) is 2.40. The maximum atomic E-state index is 12.5. The highest BCUT2D eigenvalue weighted by Gasteiger charge is 2.38. The Bertz CT molecular complexity index is 269. The quantitative estimate of drug-likeness (QED) is 0.710. The lowest BCUT2D eigenvalue weighted by Gasteiger charge is -2.43. The molecule has 5 nitrogen and oxygen atoms in total. The number of morpholine rings is 1. The van der Waals surface area contributed by atoms with Crippen molar-refractivity contribution in [3.8, 4) is 0 Å². The van der Waals surface area contributed by atoms with Crippen LogP contribution in [0.1, 0.15) is 13.8 Å². The van der Waals surface area contributed by atoms with E-state index in [1.165, 1.54) is 0 Å². The third-order valence-electron chi connectivity index (χ3n) is 3.73. The van der Waals surface area contributed by atoms with Crippen LogP contribution in [0.25, 0.3) is 0 Å². The summed E-state index contributed by atoms with van der Waals surface area (Å²) in [5, 5.41) is 3.27. The van der Waals surface area contributed by atoms with Crippen molar-refractivity contribution < 1.29 is 9.53 Å². The highest BCUT2D eigenvalue weighted by atomic mass is 16.5. The lowest BCUT2D eigenvalue weighted by Crippen LogP contribution is -2.61. The van der Waals surface area contributed by atoms with Gasteiger partial charge in [0.1, 0.15) is 0 Å². The van der Waals surface area contributed by atoms with Crippen LogP contribution < -0.4 is 5.32 Å². The Kier molecular flexibility index (Phi) is 4.01. The van der Waals surface area contributed by atoms with Gasteiger partial charge in [0.2, 0.25) is 5.91 Å². The second-order valence-electron chi connectivity index (χ2n) is 5.20. The van der Waals surface area contributed by atoms with Crippen molar-refractivity contribution in [1.29, 1.82) is 0 Å². The SMILES string of the molecule is CC(C)(C(=O)N1CCNCC1)N1CCOCC1. The standard InChI is InChI=1S/C12H23N3O2/c1-12(2,15-7-9-17-10-8-15)11(16)14-5-3-13-4-6-14/h13H,3-10H2,1-2H3. The van der Waals surface area contributed by atoms with E-state index in [2.05, 4.69) is 10.2 Å². The number of nitrogens with one attached hydrogen (secondary N) is 1. The molecule has 0 atom stereocenters. The first-order chi connectivity index (χ1) is 8.12. The van der Waals surface area contributed by atoms with Crippen LogP contribution in [0.2, 0.25) is 0 Å². The number of nitrogens with zero attached hydrogens (tertiary/aromatic N) is 2. The summed E-state index contributed by atoms with van der Waals surface area (Å²) in [6.45, 7) is 10.7. The van der Waals surface area contributed by atoms with Crippen molar-refractivity contribution >= 4 is 5.91 Å². The number of hydrogen-bond donors (Lipinski definition) is 1. The summed E-state index contributed by atoms with van der Waals surface area (Å²) in [6.07, 6.45) is 0. The van der Waals surface area contributed by atoms with Gasteiger partial charge in [-0.2, -0.15) is 0 Å². The van der Waals surface area contributed by atoms with Crippen molar-refractivity contribution in [1.82, 2.24) is 15.1 Å². The van der Waals surface area contributed by atoms with Crippen LogP contribution in [-0.2, 0) is 9.53 Å². The van der Waals surface area contributed by atoms with E-state index in [0.29, 0.717) is 0 Å². The first kappa shape index (κ1) is 12.8. The molecule has 0 bridgehead atoms. The zero-order valence-electron chi connectivity index (χ0n) is 10.9. The second kappa shape index (κ2) is 5.33. The Morgan fingerprint density at radius 1 is 1.12 bits per heavy atom. The van der Waals surface area contributed by atoms with Crippen molar-refractivity contribution in [2.75, 3.05) is 52.5 Å². The van der Waals surface area contributed by atoms with Crippen LogP contribution >= 0.6 is 0 Å². The van der Waals surface area contributed by atoms with Crippen LogP contribution in [0.5, 0.6) is 0 Å². The van der Waals surface area contributed by atoms with Gasteiger partial charge in [-0.1, -0.05) is 0 Å². The molecule has 2 saturated heterocycles. The molecule has 0 aromatic heterocycles. The van der Waals surface area contributed by atoms with Gasteiger partial charge in [-0.25, -0.2) is 0 Å². The molecule has 0 saturated carbocycles. The Labute approximate surface area is 103 Å². The lowest BCUT2D eigenvalue weighted by molar-refractivity contribution is -0.146. The first-order valence-corrected chi connectivity index (χ1v) is 6.45. The Morgan fingerprint density at radius 2 is 1.71 bits per heavy atom. The van der Waals surface area contributed by atoms with Gasteiger partial charge in [0.15, 0.2) is 0 Å². The zero-order valence-corrected chi connectivity index (χ0v) is 10.9. The van der Waals surface area contributed by atoms with E-state index in [1.54, 1.807) is 0 Å². The van der Waals surface area contributed by atoms with E-state index in [0.717, 1.165) is 52.5 Å². The molecule has 0 unspecified atom stereocenters. The second-order valence-corrected chi connectivity index (χ2v) is 5.20. The Balaban J connectivity index is 1.99. The minimum absolute atomic E-state index is 0.251. The first-order valence-electron chi connectivity index (χ1n) is 6.45. The number of carbonyl (C=O) groups is 1. The number of rotatable bonds is 2. The summed E-state index contributed by atoms with van der Waals surface area (Å²) < 4.78 is 5.34. The monoisotopic (exact) mass is 241 g/mol. The van der Waals surface area contributed by atoms with Gasteiger partial charge in [0, 0.05) is 39.3 Å². The number of piperazine rings is 1. The molecule has 0 aromatic carbocycles. The van der Waals surface area contributed by atoms with E-state index in [4.69, 9.17) is 4.74 Å². The largest absolute Gasteiger partial charge is 0.379 e. The Morgan fingerprint density at radius 3 is 2.29 bits per heavy atom. The molecule has 2 fully saturated rings. The van der Waals surface area contributed by atoms with E-state index in [1.807, 2.05) is 18.7 Å². The summed E-state index contributed by atoms with van der Waals surface area (Å²) in [4.78, 5) is 16.7. The van der Waals surface area contributed by atoms with Crippen molar-refractivity contribution in [2.45, 2.75) is 19.4 Å². The fourth-order valence-electron chi connectivity index (χ4n) is 2.51. The molecule has 0 aliphatic carbocycles. The number of ether oxygens (including phenoxy) is 1. The third-order valence-corrected chi connectivity index (χ3v) is 3.73. The van der Waals surface area contributed by atoms with E-state index in [9.17, 15) is 4.79 Å². The molecule has 2 heterocycles. The predicted octanol–water partition coefficient (Wildman–Crippen LogP) is -0.471. The molecular weight excluding hydrogens is 218 g/mol. The van der Waals surface area contributed by atoms with Gasteiger partial charge in [0.25, 0.3) is 0 Å². The molecule has 2 aliphatic heterocycles. The minimum atomic E-state index is -0.402. The topological polar surface area (TPSA) is 44.8 Å². The zero-order chi connectivity index (χ0) is 12.3. The third kappa shape index (κ3) is 2.78. The maximum absolute atomic E-state index is 12.5. The fourth-order valence-corrected chi connectivity index (χ4v) is 2.51. The van der Waals surface area contributed by atoms with Gasteiger partial charge in [-0.15, -0.1) is 0 Å². The molecule has 1 amide bonds. The van der Waals surface area contributed by atoms with Crippen LogP contribution in [-0.4, -0.2) is 73.7 Å². The lowest BCUT2D eigenvalue weighted by atomic mass is 9.99. The van der Waals surface area contributed by atoms with E-state index >= 15 is 0 Å². The van der Waals surface area contributed by atoms with Crippen molar-refractivity contribution in [2.24, 2.45) is 0 Å². The van der Waals surface area contributed by atoms with Crippen LogP contribution in [0, 0.1) is 0 Å². The van der Waals surface area contributed by atoms with Crippen LogP contribution in [0.3, 0.4) is 0 Å². The van der Waals surface area contributed by atoms with Crippen molar-refractivity contribution in [3.63, 3.8) is 0 Å². The molecule has 0 aromatic rings. The number of hydrogen-bond acceptors (Lipinski definition) is 4. The van der Waals surface area contributed by atoms with E-state index < -0.39 is 5.54 Å². The fraction of sp³-hybridized carbons (Fsp3) is 0.917. The smallest absolute Gasteiger partial charge is 0.242 e. The summed E-state index contributed by atoms with van der Waals surface area (Å²) in [5.41, 5.74) is -0.402. The van der Waals surface area contributed by atoms with Crippen LogP contribution in [0.15, 0.2) is 0 Å². The van der Waals surface area contributed by atoms with Crippen LogP contribution in [0.4, 0.5) is 0 Å². The number of amides is 1. The average molecular weight is 241 g/mol. The summed E-state index contributed by atoms with van der Waals surface area (Å²) in [7, 11) is 0. The molecule has 5 heteroatoms. The highest BCUT2D eigenvalue weighted by molar-refractivity contribution is 5.85. The molecular formula is C12H23N3O2. The summed E-state index contributed by atoms with van der Waals surface area (Å²) in [6, 6.07) is 0. The van der Waals surface area contributed by atoms with Gasteiger partial charge < -0.3 is 15.0 Å². The highest BCUT2D eigenvalue weighted by Crippen LogP contribution is 2.19. The Hall–Kier alpha value is -0.650. The summed E-state index contributed by atoms with van der Waals surface area (Å²) >= 11 is 0. The summed E-state index contributed by atoms with van der Waals surface area (Å²) in [5.74, 6) is 0.251. The normalized spacial score (nSPS) is 23.8. The predicted molar refractivity (Wildman–Crippen MR) is 65.9 cm³/mol. The number of carbonyl (C=O) groups excluding carboxylic acids is 1. The van der Waals surface area contributed by atoms with E-state index in [-0.39, 0.29) is 5.91 Å². The molecule has 17 heavy (non-hydrogen) atoms. The van der Waals surface area contributed by atoms with Crippen molar-refractivity contribution in [3.05, 3.63) is 0 Å². The van der Waals surface area contributed by atoms with Gasteiger partial charge in [-0.3, -0.25) is 9.69 Å². The molecule has 98 valence electrons. The minimum Gasteiger partial charge on any atom is -0.379 e. The molecule has 2 aliphatic rings. The molecule has 0 radical (unpaired) electrons. The molecule has 1 N–H and O–H groups in total. The molecule has 0 spiro atoms. The maximum Gasteiger partial charge on any atom is 0.242 e.